The number of fused-ring (bicyclic) bond motifs is 1. The van der Waals surface area contributed by atoms with E-state index in [1.165, 1.54) is 15.6 Å². The second kappa shape index (κ2) is 7.64. The van der Waals surface area contributed by atoms with Gasteiger partial charge in [0.15, 0.2) is 0 Å². The first-order valence-corrected chi connectivity index (χ1v) is 7.35. The van der Waals surface area contributed by atoms with E-state index in [4.69, 9.17) is 10.6 Å². The van der Waals surface area contributed by atoms with Gasteiger partial charge in [-0.2, -0.15) is 0 Å². The fourth-order valence-electron chi connectivity index (χ4n) is 2.10. The molecule has 1 aromatic carbocycles. The van der Waals surface area contributed by atoms with Gasteiger partial charge in [-0.1, -0.05) is 18.2 Å². The van der Waals surface area contributed by atoms with Gasteiger partial charge in [0, 0.05) is 17.3 Å². The molecule has 3 N–H and O–H groups in total. The van der Waals surface area contributed by atoms with E-state index in [1.54, 1.807) is 11.3 Å². The first kappa shape index (κ1) is 15.3. The Morgan fingerprint density at radius 2 is 2.10 bits per heavy atom. The first-order chi connectivity index (χ1) is 9.70. The number of rotatable bonds is 8. The summed E-state index contributed by atoms with van der Waals surface area (Å²) >= 11 is 1.70. The molecule has 20 heavy (non-hydrogen) atoms. The Morgan fingerprint density at radius 1 is 1.30 bits per heavy atom. The minimum atomic E-state index is -2.42. The summed E-state index contributed by atoms with van der Waals surface area (Å²) in [7, 11) is 0. The van der Waals surface area contributed by atoms with Crippen molar-refractivity contribution in [2.45, 2.75) is 25.3 Å². The van der Waals surface area contributed by atoms with Crippen molar-refractivity contribution in [2.75, 3.05) is 13.2 Å². The van der Waals surface area contributed by atoms with E-state index in [0.29, 0.717) is 6.42 Å². The van der Waals surface area contributed by atoms with Crippen LogP contribution in [-0.2, 0) is 11.2 Å². The number of nitrogens with one attached hydrogen (secondary N) is 1. The molecular weight excluding hydrogens is 282 g/mol. The second-order valence-corrected chi connectivity index (χ2v) is 5.49. The van der Waals surface area contributed by atoms with Crippen molar-refractivity contribution < 1.29 is 13.5 Å². The maximum absolute atomic E-state index is 12.0. The molecule has 1 aromatic heterocycles. The van der Waals surface area contributed by atoms with Crippen LogP contribution in [0.2, 0.25) is 0 Å². The van der Waals surface area contributed by atoms with Crippen LogP contribution in [-0.4, -0.2) is 25.7 Å². The number of alkyl halides is 2. The fourth-order valence-corrected chi connectivity index (χ4v) is 3.07. The second-order valence-electron chi connectivity index (χ2n) is 4.58. The minimum Gasteiger partial charge on any atom is -0.375 e. The highest BCUT2D eigenvalue weighted by Gasteiger charge is 2.12. The van der Waals surface area contributed by atoms with Crippen LogP contribution in [0.3, 0.4) is 0 Å². The van der Waals surface area contributed by atoms with Gasteiger partial charge >= 0.3 is 0 Å². The molecule has 3 nitrogen and oxygen atoms in total. The molecule has 6 heteroatoms. The van der Waals surface area contributed by atoms with Crippen LogP contribution >= 0.6 is 11.3 Å². The van der Waals surface area contributed by atoms with Gasteiger partial charge in [-0.05, 0) is 35.2 Å². The number of hydrogen-bond acceptors (Lipinski definition) is 4. The third-order valence-corrected chi connectivity index (χ3v) is 4.13. The molecule has 0 spiro atoms. The molecule has 1 atom stereocenters. The smallest absolute Gasteiger partial charge is 0.261 e. The third-order valence-electron chi connectivity index (χ3n) is 3.12. The van der Waals surface area contributed by atoms with Crippen LogP contribution in [0.1, 0.15) is 12.0 Å². The van der Waals surface area contributed by atoms with E-state index in [1.807, 2.05) is 12.1 Å². The molecule has 0 radical (unpaired) electrons. The molecule has 2 rings (SSSR count). The van der Waals surface area contributed by atoms with Gasteiger partial charge in [-0.15, -0.1) is 11.3 Å². The Bertz CT molecular complexity index is 533. The quantitative estimate of drug-likeness (QED) is 0.448. The van der Waals surface area contributed by atoms with Gasteiger partial charge in [-0.25, -0.2) is 8.78 Å². The van der Waals surface area contributed by atoms with E-state index in [2.05, 4.69) is 22.9 Å². The Kier molecular flexibility index (Phi) is 5.85. The zero-order valence-corrected chi connectivity index (χ0v) is 11.8. The molecule has 0 saturated carbocycles. The first-order valence-electron chi connectivity index (χ1n) is 6.48. The molecule has 110 valence electrons. The van der Waals surface area contributed by atoms with E-state index in [-0.39, 0.29) is 12.6 Å². The lowest BCUT2D eigenvalue weighted by Gasteiger charge is -2.15. The molecular formula is C14H18F2N2OS. The van der Waals surface area contributed by atoms with Gasteiger partial charge in [0.1, 0.15) is 6.61 Å². The summed E-state index contributed by atoms with van der Waals surface area (Å²) in [5, 5.41) is 3.35. The van der Waals surface area contributed by atoms with Gasteiger partial charge < -0.3 is 4.74 Å². The van der Waals surface area contributed by atoms with Crippen molar-refractivity contribution in [3.63, 3.8) is 0 Å². The van der Waals surface area contributed by atoms with Crippen molar-refractivity contribution >= 4 is 21.4 Å². The number of halogens is 2. The maximum Gasteiger partial charge on any atom is 0.261 e. The highest BCUT2D eigenvalue weighted by molar-refractivity contribution is 7.17. The van der Waals surface area contributed by atoms with Crippen LogP contribution in [0.5, 0.6) is 0 Å². The average molecular weight is 300 g/mol. The van der Waals surface area contributed by atoms with E-state index >= 15 is 0 Å². The Labute approximate surface area is 120 Å². The summed E-state index contributed by atoms with van der Waals surface area (Å²) in [6.45, 7) is -0.236. The summed E-state index contributed by atoms with van der Waals surface area (Å²) in [5.74, 6) is 5.53. The molecule has 0 fully saturated rings. The van der Waals surface area contributed by atoms with Crippen molar-refractivity contribution in [1.82, 2.24) is 5.43 Å². The van der Waals surface area contributed by atoms with Gasteiger partial charge in [-0.3, -0.25) is 11.3 Å². The van der Waals surface area contributed by atoms with Crippen molar-refractivity contribution in [2.24, 2.45) is 5.84 Å². The number of hydrazine groups is 1. The summed E-state index contributed by atoms with van der Waals surface area (Å²) < 4.78 is 30.0. The van der Waals surface area contributed by atoms with Crippen LogP contribution < -0.4 is 11.3 Å². The largest absolute Gasteiger partial charge is 0.375 e. The van der Waals surface area contributed by atoms with E-state index < -0.39 is 13.0 Å². The van der Waals surface area contributed by atoms with Crippen LogP contribution in [0.25, 0.3) is 10.1 Å². The summed E-state index contributed by atoms with van der Waals surface area (Å²) in [5.41, 5.74) is 3.95. The number of thiophene rings is 1. The maximum atomic E-state index is 12.0. The molecule has 0 bridgehead atoms. The predicted octanol–water partition coefficient (Wildman–Crippen LogP) is 2.95. The normalized spacial score (nSPS) is 13.2. The minimum absolute atomic E-state index is 0.0191. The molecule has 0 saturated heterocycles. The number of ether oxygens (including phenoxy) is 1. The summed E-state index contributed by atoms with van der Waals surface area (Å²) in [6, 6.07) is 8.21. The number of hydrogen-bond donors (Lipinski definition) is 2. The molecule has 2 aromatic rings. The monoisotopic (exact) mass is 300 g/mol. The van der Waals surface area contributed by atoms with E-state index in [9.17, 15) is 8.78 Å². The lowest BCUT2D eigenvalue weighted by Crippen LogP contribution is -2.37. The Hall–Kier alpha value is -1.08. The van der Waals surface area contributed by atoms with Crippen molar-refractivity contribution in [3.8, 4) is 0 Å². The van der Waals surface area contributed by atoms with Crippen LogP contribution in [0, 0.1) is 0 Å². The standard InChI is InChI=1S/C14H18F2N2OS/c15-14(16)8-19-6-5-11(18-17)7-10-9-20-13-4-2-1-3-12(10)13/h1-4,9,11,14,18H,5-8,17H2. The molecule has 1 unspecified atom stereocenters. The lowest BCUT2D eigenvalue weighted by molar-refractivity contribution is 0.0144. The average Bonchev–Trinajstić information content (AvgIpc) is 2.85. The zero-order valence-electron chi connectivity index (χ0n) is 11.0. The van der Waals surface area contributed by atoms with Crippen molar-refractivity contribution in [3.05, 3.63) is 35.2 Å². The topological polar surface area (TPSA) is 47.3 Å². The van der Waals surface area contributed by atoms with Crippen molar-refractivity contribution in [1.29, 1.82) is 0 Å². The number of benzene rings is 1. The summed E-state index contributed by atoms with van der Waals surface area (Å²) in [6.07, 6.45) is -1.05. The number of nitrogens with two attached hydrogens (primary N) is 1. The predicted molar refractivity (Wildman–Crippen MR) is 78.1 cm³/mol. The Balaban J connectivity index is 1.89. The SMILES string of the molecule is NNC(CCOCC(F)F)Cc1csc2ccccc12. The van der Waals surface area contributed by atoms with Gasteiger partial charge in [0.2, 0.25) is 0 Å². The highest BCUT2D eigenvalue weighted by atomic mass is 32.1. The van der Waals surface area contributed by atoms with Crippen LogP contribution in [0.4, 0.5) is 8.78 Å². The zero-order chi connectivity index (χ0) is 14.4. The summed E-state index contributed by atoms with van der Waals surface area (Å²) in [4.78, 5) is 0. The fraction of sp³-hybridized carbons (Fsp3) is 0.429. The molecule has 0 aliphatic rings. The van der Waals surface area contributed by atoms with Crippen LogP contribution in [0.15, 0.2) is 29.6 Å². The lowest BCUT2D eigenvalue weighted by atomic mass is 10.0. The highest BCUT2D eigenvalue weighted by Crippen LogP contribution is 2.26. The molecule has 1 heterocycles. The van der Waals surface area contributed by atoms with E-state index in [0.717, 1.165) is 6.42 Å². The molecule has 0 amide bonds. The third kappa shape index (κ3) is 4.21. The Morgan fingerprint density at radius 3 is 2.85 bits per heavy atom. The van der Waals surface area contributed by atoms with Gasteiger partial charge in [0.05, 0.1) is 0 Å². The molecule has 0 aliphatic heterocycles. The molecule has 0 aliphatic carbocycles. The van der Waals surface area contributed by atoms with Gasteiger partial charge in [0.25, 0.3) is 6.43 Å².